The van der Waals surface area contributed by atoms with Crippen LogP contribution in [0.4, 0.5) is 0 Å². The van der Waals surface area contributed by atoms with E-state index >= 15 is 0 Å². The predicted molar refractivity (Wildman–Crippen MR) is 101 cm³/mol. The molecule has 0 bridgehead atoms. The molecule has 5 heteroatoms. The van der Waals surface area contributed by atoms with E-state index in [1.807, 2.05) is 26.0 Å². The molecule has 0 aromatic heterocycles. The molecule has 1 aromatic carbocycles. The smallest absolute Gasteiger partial charge is 0.191 e. The quantitative estimate of drug-likeness (QED) is 0.566. The summed E-state index contributed by atoms with van der Waals surface area (Å²) in [7, 11) is 3.39. The van der Waals surface area contributed by atoms with Crippen LogP contribution in [-0.4, -0.2) is 45.4 Å². The number of nitrogens with one attached hydrogen (secondary N) is 2. The lowest BCUT2D eigenvalue weighted by molar-refractivity contribution is 0.0310. The number of hydrogen-bond donors (Lipinski definition) is 2. The Bertz CT molecular complexity index is 522. The number of guanidine groups is 1. The van der Waals surface area contributed by atoms with E-state index in [1.54, 1.807) is 14.2 Å². The minimum atomic E-state index is -0.270. The van der Waals surface area contributed by atoms with Crippen LogP contribution in [0.1, 0.15) is 40.2 Å². The maximum atomic E-state index is 5.43. The molecule has 1 aromatic rings. The predicted octanol–water partition coefficient (Wildman–Crippen LogP) is 2.95. The maximum absolute atomic E-state index is 5.43. The topological polar surface area (TPSA) is 54.9 Å². The van der Waals surface area contributed by atoms with Gasteiger partial charge in [-0.15, -0.1) is 0 Å². The molecule has 0 amide bonds. The molecule has 24 heavy (non-hydrogen) atoms. The van der Waals surface area contributed by atoms with E-state index in [4.69, 9.17) is 9.47 Å². The third-order valence-electron chi connectivity index (χ3n) is 4.08. The molecular weight excluding hydrogens is 302 g/mol. The van der Waals surface area contributed by atoms with Crippen LogP contribution in [0.3, 0.4) is 0 Å². The summed E-state index contributed by atoms with van der Waals surface area (Å²) in [5, 5.41) is 6.72. The van der Waals surface area contributed by atoms with Crippen molar-refractivity contribution >= 4 is 5.96 Å². The van der Waals surface area contributed by atoms with Crippen molar-refractivity contribution < 1.29 is 9.47 Å². The summed E-state index contributed by atoms with van der Waals surface area (Å²) in [6.45, 7) is 12.7. The number of rotatable bonds is 8. The lowest BCUT2D eigenvalue weighted by Gasteiger charge is -2.27. The Balaban J connectivity index is 2.74. The van der Waals surface area contributed by atoms with E-state index in [2.05, 4.69) is 48.5 Å². The van der Waals surface area contributed by atoms with Gasteiger partial charge in [0.1, 0.15) is 5.75 Å². The van der Waals surface area contributed by atoms with Gasteiger partial charge in [0.15, 0.2) is 5.96 Å². The molecular formula is C19H33N3O2. The van der Waals surface area contributed by atoms with Crippen LogP contribution in [0, 0.1) is 0 Å². The first kappa shape index (κ1) is 20.3. The van der Waals surface area contributed by atoms with Gasteiger partial charge in [-0.2, -0.15) is 0 Å². The normalized spacial score (nSPS) is 12.9. The fourth-order valence-electron chi connectivity index (χ4n) is 2.12. The van der Waals surface area contributed by atoms with Gasteiger partial charge < -0.3 is 20.1 Å². The summed E-state index contributed by atoms with van der Waals surface area (Å²) in [5.74, 6) is 1.68. The van der Waals surface area contributed by atoms with Gasteiger partial charge in [0.2, 0.25) is 0 Å². The number of benzene rings is 1. The Hall–Kier alpha value is -1.75. The molecule has 0 saturated carbocycles. The molecule has 0 radical (unpaired) electrons. The van der Waals surface area contributed by atoms with Crippen LogP contribution >= 0.6 is 0 Å². The Morgan fingerprint density at radius 1 is 1.04 bits per heavy atom. The lowest BCUT2D eigenvalue weighted by Crippen LogP contribution is -2.44. The zero-order chi connectivity index (χ0) is 18.2. The second-order valence-corrected chi connectivity index (χ2v) is 7.12. The van der Waals surface area contributed by atoms with E-state index in [-0.39, 0.29) is 11.0 Å². The van der Waals surface area contributed by atoms with Crippen LogP contribution in [0.2, 0.25) is 0 Å². The van der Waals surface area contributed by atoms with Gasteiger partial charge in [0.05, 0.1) is 19.3 Å². The highest BCUT2D eigenvalue weighted by Crippen LogP contribution is 2.24. The number of ether oxygens (including phenoxy) is 2. The fourth-order valence-corrected chi connectivity index (χ4v) is 2.12. The third-order valence-corrected chi connectivity index (χ3v) is 4.08. The summed E-state index contributed by atoms with van der Waals surface area (Å²) < 4.78 is 10.7. The van der Waals surface area contributed by atoms with Gasteiger partial charge in [-0.1, -0.05) is 26.0 Å². The minimum absolute atomic E-state index is 0.0285. The molecule has 0 unspecified atom stereocenters. The summed E-state index contributed by atoms with van der Waals surface area (Å²) in [5.41, 5.74) is 0.955. The Morgan fingerprint density at radius 2 is 1.67 bits per heavy atom. The van der Waals surface area contributed by atoms with Crippen LogP contribution in [-0.2, 0) is 10.2 Å². The molecule has 0 heterocycles. The average molecular weight is 335 g/mol. The zero-order valence-corrected chi connectivity index (χ0v) is 16.2. The number of hydrogen-bond acceptors (Lipinski definition) is 3. The summed E-state index contributed by atoms with van der Waals surface area (Å²) in [4.78, 5) is 4.63. The van der Waals surface area contributed by atoms with Gasteiger partial charge in [-0.05, 0) is 38.5 Å². The van der Waals surface area contributed by atoms with E-state index in [0.717, 1.165) is 24.8 Å². The molecule has 1 rings (SSSR count). The molecule has 2 N–H and O–H groups in total. The van der Waals surface area contributed by atoms with Crippen LogP contribution in [0.25, 0.3) is 0 Å². The van der Waals surface area contributed by atoms with E-state index in [1.165, 1.54) is 5.56 Å². The highest BCUT2D eigenvalue weighted by atomic mass is 16.5. The molecule has 0 aliphatic carbocycles. The zero-order valence-electron chi connectivity index (χ0n) is 16.2. The van der Waals surface area contributed by atoms with Crippen molar-refractivity contribution in [1.29, 1.82) is 0 Å². The van der Waals surface area contributed by atoms with Crippen molar-refractivity contribution in [3.8, 4) is 5.75 Å². The summed E-state index contributed by atoms with van der Waals surface area (Å²) >= 11 is 0. The number of aliphatic imine (C=N–C) groups is 1. The van der Waals surface area contributed by atoms with E-state index in [0.29, 0.717) is 6.54 Å². The standard InChI is InChI=1S/C19H33N3O2/c1-8-20-17(22-14-19(4,5)24-7)21-13-18(2,3)15-9-11-16(23-6)12-10-15/h9-12H,8,13-14H2,1-7H3,(H2,20,21,22). The van der Waals surface area contributed by atoms with Gasteiger partial charge in [-0.25, -0.2) is 0 Å². The average Bonchev–Trinajstić information content (AvgIpc) is 2.57. The Labute approximate surface area is 146 Å². The molecule has 0 fully saturated rings. The van der Waals surface area contributed by atoms with Crippen molar-refractivity contribution in [2.75, 3.05) is 33.9 Å². The largest absolute Gasteiger partial charge is 0.497 e. The Kier molecular flexibility index (Phi) is 7.55. The van der Waals surface area contributed by atoms with Gasteiger partial charge in [0.25, 0.3) is 0 Å². The second kappa shape index (κ2) is 8.92. The highest BCUT2D eigenvalue weighted by molar-refractivity contribution is 5.79. The van der Waals surface area contributed by atoms with Crippen molar-refractivity contribution in [3.05, 3.63) is 29.8 Å². The van der Waals surface area contributed by atoms with E-state index < -0.39 is 0 Å². The molecule has 0 spiro atoms. The van der Waals surface area contributed by atoms with Crippen molar-refractivity contribution in [1.82, 2.24) is 10.6 Å². The van der Waals surface area contributed by atoms with E-state index in [9.17, 15) is 0 Å². The fraction of sp³-hybridized carbons (Fsp3) is 0.632. The SMILES string of the molecule is CCNC(=NCC(C)(C)OC)NCC(C)(C)c1ccc(OC)cc1. The van der Waals surface area contributed by atoms with Gasteiger partial charge >= 0.3 is 0 Å². The molecule has 0 aliphatic rings. The van der Waals surface area contributed by atoms with Gasteiger partial charge in [-0.3, -0.25) is 4.99 Å². The number of nitrogens with zero attached hydrogens (tertiary/aromatic N) is 1. The number of methoxy groups -OCH3 is 2. The van der Waals surface area contributed by atoms with Crippen LogP contribution in [0.15, 0.2) is 29.3 Å². The van der Waals surface area contributed by atoms with Crippen LogP contribution < -0.4 is 15.4 Å². The summed E-state index contributed by atoms with van der Waals surface area (Å²) in [6, 6.07) is 8.21. The summed E-state index contributed by atoms with van der Waals surface area (Å²) in [6.07, 6.45) is 0. The molecule has 5 nitrogen and oxygen atoms in total. The Morgan fingerprint density at radius 3 is 2.17 bits per heavy atom. The monoisotopic (exact) mass is 335 g/mol. The van der Waals surface area contributed by atoms with Crippen molar-refractivity contribution in [2.45, 2.75) is 45.6 Å². The molecule has 0 aliphatic heterocycles. The molecule has 0 atom stereocenters. The first-order valence-corrected chi connectivity index (χ1v) is 8.46. The highest BCUT2D eigenvalue weighted by Gasteiger charge is 2.21. The first-order chi connectivity index (χ1) is 11.2. The first-order valence-electron chi connectivity index (χ1n) is 8.46. The van der Waals surface area contributed by atoms with Crippen LogP contribution in [0.5, 0.6) is 5.75 Å². The molecule has 136 valence electrons. The minimum Gasteiger partial charge on any atom is -0.497 e. The van der Waals surface area contributed by atoms with Crippen molar-refractivity contribution in [3.63, 3.8) is 0 Å². The van der Waals surface area contributed by atoms with Gasteiger partial charge in [0, 0.05) is 25.6 Å². The maximum Gasteiger partial charge on any atom is 0.191 e. The van der Waals surface area contributed by atoms with Crippen molar-refractivity contribution in [2.24, 2.45) is 4.99 Å². The third kappa shape index (κ3) is 6.40. The molecule has 0 saturated heterocycles. The lowest BCUT2D eigenvalue weighted by atomic mass is 9.84. The second-order valence-electron chi connectivity index (χ2n) is 7.12.